The smallest absolute Gasteiger partial charge is 0.394 e. The summed E-state index contributed by atoms with van der Waals surface area (Å²) in [5.74, 6) is 2.01. The van der Waals surface area contributed by atoms with Crippen molar-refractivity contribution in [2.45, 2.75) is 25.5 Å². The van der Waals surface area contributed by atoms with Gasteiger partial charge in [0.15, 0.2) is 17.0 Å². The van der Waals surface area contributed by atoms with Crippen LogP contribution in [-0.2, 0) is 13.6 Å². The first-order chi connectivity index (χ1) is 16.3. The molecule has 0 amide bonds. The third kappa shape index (κ3) is 3.58. The van der Waals surface area contributed by atoms with Crippen LogP contribution in [0.3, 0.4) is 0 Å². The second kappa shape index (κ2) is 7.34. The number of anilines is 1. The van der Waals surface area contributed by atoms with Crippen LogP contribution in [0.4, 0.5) is 14.5 Å². The molecule has 6 rings (SSSR count). The topological polar surface area (TPSA) is 104 Å². The Morgan fingerprint density at radius 2 is 1.97 bits per heavy atom. The van der Waals surface area contributed by atoms with E-state index in [0.29, 0.717) is 34.7 Å². The Balaban J connectivity index is 1.12. The van der Waals surface area contributed by atoms with Crippen LogP contribution in [0.2, 0.25) is 0 Å². The molecule has 0 bridgehead atoms. The lowest BCUT2D eigenvalue weighted by Crippen LogP contribution is -2.24. The fourth-order valence-electron chi connectivity index (χ4n) is 4.87. The molecular formula is C22H21F2N7O3. The van der Waals surface area contributed by atoms with E-state index in [9.17, 15) is 13.6 Å². The van der Waals surface area contributed by atoms with Crippen molar-refractivity contribution in [1.29, 1.82) is 0 Å². The van der Waals surface area contributed by atoms with Crippen LogP contribution < -0.4 is 15.2 Å². The number of nitrogens with zero attached hydrogens (tertiary/aromatic N) is 7. The van der Waals surface area contributed by atoms with Crippen molar-refractivity contribution in [3.05, 3.63) is 59.0 Å². The summed E-state index contributed by atoms with van der Waals surface area (Å²) in [6.45, 7) is 2.39. The van der Waals surface area contributed by atoms with Gasteiger partial charge in [-0.25, -0.2) is 9.97 Å². The van der Waals surface area contributed by atoms with Gasteiger partial charge in [0.25, 0.3) is 5.56 Å². The molecule has 0 N–H and O–H groups in total. The van der Waals surface area contributed by atoms with Crippen molar-refractivity contribution in [1.82, 2.24) is 29.2 Å². The number of fused-ring (bicyclic) bond motifs is 2. The number of rotatable bonds is 6. The molecule has 2 fully saturated rings. The predicted molar refractivity (Wildman–Crippen MR) is 116 cm³/mol. The number of ether oxygens (including phenoxy) is 1. The standard InChI is InChI=1S/C22H21F2N7O3/c1-22(23,24)33-13-5-3-4-12(6-13)30-7-14-15(8-30)17(14)19-27-16(34-28-19)9-31-11-26-20-18(21(31)32)29(2)10-25-20/h3-6,10-11,14-15,17H,7-9H2,1-2H3/t14-,15+,17?. The van der Waals surface area contributed by atoms with Gasteiger partial charge in [0.05, 0.1) is 6.33 Å². The van der Waals surface area contributed by atoms with Crippen molar-refractivity contribution in [2.75, 3.05) is 18.0 Å². The molecule has 10 nitrogen and oxygen atoms in total. The highest BCUT2D eigenvalue weighted by Gasteiger charge is 2.58. The van der Waals surface area contributed by atoms with Gasteiger partial charge in [-0.2, -0.15) is 13.8 Å². The number of halogens is 2. The third-order valence-electron chi connectivity index (χ3n) is 6.46. The summed E-state index contributed by atoms with van der Waals surface area (Å²) in [7, 11) is 1.74. The fourth-order valence-corrected chi connectivity index (χ4v) is 4.87. The van der Waals surface area contributed by atoms with E-state index in [2.05, 4.69) is 25.0 Å². The van der Waals surface area contributed by atoms with Crippen LogP contribution >= 0.6 is 0 Å². The minimum Gasteiger partial charge on any atom is -0.433 e. The summed E-state index contributed by atoms with van der Waals surface area (Å²) in [6.07, 6.45) is -0.249. The molecule has 12 heteroatoms. The third-order valence-corrected chi connectivity index (χ3v) is 6.46. The predicted octanol–water partition coefficient (Wildman–Crippen LogP) is 2.40. The van der Waals surface area contributed by atoms with Gasteiger partial charge < -0.3 is 18.7 Å². The monoisotopic (exact) mass is 469 g/mol. The first kappa shape index (κ1) is 20.8. The first-order valence-electron chi connectivity index (χ1n) is 10.9. The number of aromatic nitrogens is 6. The summed E-state index contributed by atoms with van der Waals surface area (Å²) >= 11 is 0. The van der Waals surface area contributed by atoms with Gasteiger partial charge in [-0.05, 0) is 24.0 Å². The molecular weight excluding hydrogens is 448 g/mol. The Labute approximate surface area is 191 Å². The molecule has 1 saturated heterocycles. The molecule has 3 atom stereocenters. The minimum atomic E-state index is -3.22. The van der Waals surface area contributed by atoms with E-state index in [1.54, 1.807) is 30.1 Å². The van der Waals surface area contributed by atoms with Crippen molar-refractivity contribution < 1.29 is 18.0 Å². The second-order valence-corrected chi connectivity index (χ2v) is 8.92. The number of aryl methyl sites for hydroxylation is 1. The maximum absolute atomic E-state index is 13.2. The van der Waals surface area contributed by atoms with E-state index in [1.165, 1.54) is 17.0 Å². The van der Waals surface area contributed by atoms with Crippen LogP contribution in [-0.4, -0.2) is 48.4 Å². The summed E-state index contributed by atoms with van der Waals surface area (Å²) in [5.41, 5.74) is 1.43. The number of hydrogen-bond donors (Lipinski definition) is 0. The van der Waals surface area contributed by atoms with Gasteiger partial charge in [-0.3, -0.25) is 9.36 Å². The number of benzene rings is 1. The van der Waals surface area contributed by atoms with E-state index in [1.807, 2.05) is 6.07 Å². The number of imidazole rings is 1. The zero-order chi connectivity index (χ0) is 23.6. The van der Waals surface area contributed by atoms with E-state index >= 15 is 0 Å². The van der Waals surface area contributed by atoms with Gasteiger partial charge in [0.1, 0.15) is 18.6 Å². The van der Waals surface area contributed by atoms with Crippen molar-refractivity contribution in [2.24, 2.45) is 18.9 Å². The first-order valence-corrected chi connectivity index (χ1v) is 10.9. The molecule has 0 spiro atoms. The summed E-state index contributed by atoms with van der Waals surface area (Å²) in [6, 6.07) is 6.75. The Morgan fingerprint density at radius 3 is 2.74 bits per heavy atom. The summed E-state index contributed by atoms with van der Waals surface area (Å²) in [4.78, 5) is 27.7. The van der Waals surface area contributed by atoms with Crippen LogP contribution in [0, 0.1) is 11.8 Å². The number of alkyl halides is 2. The maximum Gasteiger partial charge on any atom is 0.394 e. The van der Waals surface area contributed by atoms with Crippen LogP contribution in [0.1, 0.15) is 24.6 Å². The fraction of sp³-hybridized carbons (Fsp3) is 0.409. The number of hydrogen-bond acceptors (Lipinski definition) is 8. The van der Waals surface area contributed by atoms with Gasteiger partial charge in [-0.15, -0.1) is 0 Å². The SMILES string of the molecule is Cn1cnc2ncn(Cc3nc(C4[C@H]5CN(c6cccc(OC(C)(F)F)c6)C[C@@H]45)no3)c(=O)c21. The highest BCUT2D eigenvalue weighted by Crippen LogP contribution is 2.58. The molecule has 1 aliphatic heterocycles. The molecule has 4 heterocycles. The highest BCUT2D eigenvalue weighted by atomic mass is 19.3. The average molecular weight is 469 g/mol. The quantitative estimate of drug-likeness (QED) is 0.424. The molecule has 1 aliphatic carbocycles. The molecule has 3 aromatic heterocycles. The summed E-state index contributed by atoms with van der Waals surface area (Å²) < 4.78 is 39.5. The van der Waals surface area contributed by atoms with E-state index in [-0.39, 0.29) is 23.8 Å². The second-order valence-electron chi connectivity index (χ2n) is 8.92. The molecule has 2 aliphatic rings. The van der Waals surface area contributed by atoms with Gasteiger partial charge in [0, 0.05) is 44.7 Å². The normalized spacial score (nSPS) is 21.8. The molecule has 1 saturated carbocycles. The van der Waals surface area contributed by atoms with Crippen molar-refractivity contribution in [3.8, 4) is 5.75 Å². The van der Waals surface area contributed by atoms with Crippen LogP contribution in [0.25, 0.3) is 11.2 Å². The van der Waals surface area contributed by atoms with Gasteiger partial charge >= 0.3 is 6.11 Å². The van der Waals surface area contributed by atoms with E-state index < -0.39 is 6.11 Å². The molecule has 1 aromatic carbocycles. The Morgan fingerprint density at radius 1 is 1.21 bits per heavy atom. The maximum atomic E-state index is 13.2. The molecule has 34 heavy (non-hydrogen) atoms. The van der Waals surface area contributed by atoms with E-state index in [0.717, 1.165) is 25.7 Å². The Kier molecular flexibility index (Phi) is 4.48. The largest absolute Gasteiger partial charge is 0.433 e. The number of piperidine rings is 1. The van der Waals surface area contributed by atoms with Crippen LogP contribution in [0.5, 0.6) is 5.75 Å². The zero-order valence-corrected chi connectivity index (χ0v) is 18.4. The lowest BCUT2D eigenvalue weighted by atomic mass is 10.2. The minimum absolute atomic E-state index is 0.128. The van der Waals surface area contributed by atoms with Gasteiger partial charge in [-0.1, -0.05) is 11.2 Å². The summed E-state index contributed by atoms with van der Waals surface area (Å²) in [5, 5.41) is 4.15. The average Bonchev–Trinajstić information content (AvgIpc) is 3.19. The lowest BCUT2D eigenvalue weighted by molar-refractivity contribution is -0.158. The lowest BCUT2D eigenvalue weighted by Gasteiger charge is -2.22. The molecule has 176 valence electrons. The highest BCUT2D eigenvalue weighted by molar-refractivity contribution is 5.68. The molecule has 0 radical (unpaired) electrons. The molecule has 1 unspecified atom stereocenters. The Hall–Kier alpha value is -3.83. The Bertz CT molecular complexity index is 1430. The molecule has 4 aromatic rings. The van der Waals surface area contributed by atoms with Gasteiger partial charge in [0.2, 0.25) is 5.89 Å². The zero-order valence-electron chi connectivity index (χ0n) is 18.4. The van der Waals surface area contributed by atoms with Crippen LogP contribution in [0.15, 0.2) is 46.2 Å². The van der Waals surface area contributed by atoms with Crippen molar-refractivity contribution >= 4 is 16.9 Å². The van der Waals surface area contributed by atoms with Crippen molar-refractivity contribution in [3.63, 3.8) is 0 Å². The van der Waals surface area contributed by atoms with E-state index in [4.69, 9.17) is 9.26 Å².